The van der Waals surface area contributed by atoms with Crippen molar-refractivity contribution in [3.63, 3.8) is 0 Å². The number of hydrogen-bond acceptors (Lipinski definition) is 4. The lowest BCUT2D eigenvalue weighted by Crippen LogP contribution is -2.31. The van der Waals surface area contributed by atoms with Crippen LogP contribution in [0.3, 0.4) is 0 Å². The van der Waals surface area contributed by atoms with E-state index in [2.05, 4.69) is 5.32 Å². The van der Waals surface area contributed by atoms with Crippen LogP contribution in [0.25, 0.3) is 0 Å². The van der Waals surface area contributed by atoms with E-state index in [1.165, 1.54) is 11.8 Å². The fourth-order valence-electron chi connectivity index (χ4n) is 2.54. The molecule has 5 heteroatoms. The van der Waals surface area contributed by atoms with Gasteiger partial charge in [0, 0.05) is 18.7 Å². The summed E-state index contributed by atoms with van der Waals surface area (Å²) in [5.74, 6) is 1.56. The van der Waals surface area contributed by atoms with Crippen molar-refractivity contribution < 1.29 is 9.59 Å². The third kappa shape index (κ3) is 4.86. The highest BCUT2D eigenvalue weighted by molar-refractivity contribution is 8.00. The van der Waals surface area contributed by atoms with Gasteiger partial charge in [-0.15, -0.1) is 11.8 Å². The summed E-state index contributed by atoms with van der Waals surface area (Å²) in [5, 5.41) is 3.16. The van der Waals surface area contributed by atoms with E-state index in [0.29, 0.717) is 23.0 Å². The average Bonchev–Trinajstić information content (AvgIpc) is 2.97. The van der Waals surface area contributed by atoms with Crippen LogP contribution in [0.4, 0.5) is 0 Å². The summed E-state index contributed by atoms with van der Waals surface area (Å²) in [4.78, 5) is 25.9. The fourth-order valence-corrected chi connectivity index (χ4v) is 3.36. The molecule has 1 atom stereocenters. The Morgan fingerprint density at radius 2 is 2.05 bits per heavy atom. The maximum Gasteiger partial charge on any atom is 0.232 e. The second kappa shape index (κ2) is 8.20. The number of ketones is 1. The quantitative estimate of drug-likeness (QED) is 0.779. The summed E-state index contributed by atoms with van der Waals surface area (Å²) < 4.78 is 0. The second-order valence-electron chi connectivity index (χ2n) is 5.33. The van der Waals surface area contributed by atoms with Crippen LogP contribution in [0.15, 0.2) is 30.3 Å². The molecule has 0 aromatic heterocycles. The molecule has 1 aromatic rings. The van der Waals surface area contributed by atoms with E-state index in [9.17, 15) is 9.59 Å². The molecule has 114 valence electrons. The van der Waals surface area contributed by atoms with Gasteiger partial charge in [-0.2, -0.15) is 0 Å². The van der Waals surface area contributed by atoms with Crippen molar-refractivity contribution in [2.75, 3.05) is 38.2 Å². The zero-order valence-corrected chi connectivity index (χ0v) is 13.2. The molecule has 0 saturated carbocycles. The summed E-state index contributed by atoms with van der Waals surface area (Å²) in [6.07, 6.45) is 1.07. The maximum atomic E-state index is 12.1. The summed E-state index contributed by atoms with van der Waals surface area (Å²) in [5.41, 5.74) is 0.715. The Labute approximate surface area is 130 Å². The molecule has 0 bridgehead atoms. The minimum atomic E-state index is 0.0860. The minimum Gasteiger partial charge on any atom is -0.342 e. The van der Waals surface area contributed by atoms with Crippen LogP contribution in [0.5, 0.6) is 0 Å². The lowest BCUT2D eigenvalue weighted by Gasteiger charge is -2.16. The van der Waals surface area contributed by atoms with E-state index in [1.807, 2.05) is 42.3 Å². The molecule has 2 rings (SSSR count). The van der Waals surface area contributed by atoms with Gasteiger partial charge in [0.1, 0.15) is 0 Å². The molecular weight excluding hydrogens is 284 g/mol. The number of amides is 1. The zero-order chi connectivity index (χ0) is 15.1. The van der Waals surface area contributed by atoms with Gasteiger partial charge < -0.3 is 10.2 Å². The van der Waals surface area contributed by atoms with E-state index in [0.717, 1.165) is 26.1 Å². The van der Waals surface area contributed by atoms with Crippen molar-refractivity contribution in [1.82, 2.24) is 10.2 Å². The minimum absolute atomic E-state index is 0.0860. The Morgan fingerprint density at radius 3 is 2.76 bits per heavy atom. The molecular formula is C16H22N2O2S. The Hall–Kier alpha value is -1.33. The van der Waals surface area contributed by atoms with Crippen LogP contribution in [-0.4, -0.2) is 54.8 Å². The smallest absolute Gasteiger partial charge is 0.232 e. The molecule has 1 saturated heterocycles. The predicted octanol–water partition coefficient (Wildman–Crippen LogP) is 1.67. The highest BCUT2D eigenvalue weighted by Gasteiger charge is 2.25. The first-order valence-corrected chi connectivity index (χ1v) is 8.44. The first-order chi connectivity index (χ1) is 10.2. The van der Waals surface area contributed by atoms with Gasteiger partial charge in [-0.05, 0) is 25.9 Å². The Balaban J connectivity index is 1.69. The Bertz CT molecular complexity index is 478. The third-order valence-corrected chi connectivity index (χ3v) is 4.60. The van der Waals surface area contributed by atoms with Crippen molar-refractivity contribution in [3.8, 4) is 0 Å². The van der Waals surface area contributed by atoms with E-state index in [4.69, 9.17) is 0 Å². The SMILES string of the molecule is CNCC1CCN(C(=O)CSCC(=O)c2ccccc2)C1. The fraction of sp³-hybridized carbons (Fsp3) is 0.500. The van der Waals surface area contributed by atoms with Gasteiger partial charge in [0.15, 0.2) is 5.78 Å². The molecule has 21 heavy (non-hydrogen) atoms. The van der Waals surface area contributed by atoms with Gasteiger partial charge in [0.2, 0.25) is 5.91 Å². The first-order valence-electron chi connectivity index (χ1n) is 7.29. The highest BCUT2D eigenvalue weighted by Crippen LogP contribution is 2.17. The number of carbonyl (C=O) groups is 2. The number of likely N-dealkylation sites (tertiary alicyclic amines) is 1. The number of benzene rings is 1. The standard InChI is InChI=1S/C16H22N2O2S/c1-17-9-13-7-8-18(10-13)16(20)12-21-11-15(19)14-5-3-2-4-6-14/h2-6,13,17H,7-12H2,1H3. The van der Waals surface area contributed by atoms with Gasteiger partial charge >= 0.3 is 0 Å². The molecule has 1 aliphatic rings. The number of nitrogens with one attached hydrogen (secondary N) is 1. The number of rotatable bonds is 7. The molecule has 1 heterocycles. The van der Waals surface area contributed by atoms with Gasteiger partial charge in [0.25, 0.3) is 0 Å². The first kappa shape index (κ1) is 16.0. The van der Waals surface area contributed by atoms with E-state index in [1.54, 1.807) is 0 Å². The average molecular weight is 306 g/mol. The molecule has 4 nitrogen and oxygen atoms in total. The molecule has 0 aliphatic carbocycles. The van der Waals surface area contributed by atoms with Gasteiger partial charge in [-0.3, -0.25) is 9.59 Å². The molecule has 1 amide bonds. The molecule has 1 unspecified atom stereocenters. The molecule has 1 N–H and O–H groups in total. The highest BCUT2D eigenvalue weighted by atomic mass is 32.2. The van der Waals surface area contributed by atoms with Crippen molar-refractivity contribution >= 4 is 23.5 Å². The normalized spacial score (nSPS) is 18.0. The number of hydrogen-bond donors (Lipinski definition) is 1. The van der Waals surface area contributed by atoms with Crippen LogP contribution in [0.2, 0.25) is 0 Å². The molecule has 1 aliphatic heterocycles. The molecule has 0 spiro atoms. The Kier molecular flexibility index (Phi) is 6.26. The lowest BCUT2D eigenvalue weighted by atomic mass is 10.1. The van der Waals surface area contributed by atoms with Gasteiger partial charge in [0.05, 0.1) is 11.5 Å². The van der Waals surface area contributed by atoms with Crippen LogP contribution in [-0.2, 0) is 4.79 Å². The van der Waals surface area contributed by atoms with Gasteiger partial charge in [-0.1, -0.05) is 30.3 Å². The number of carbonyl (C=O) groups excluding carboxylic acids is 2. The molecule has 1 fully saturated rings. The zero-order valence-electron chi connectivity index (χ0n) is 12.4. The lowest BCUT2D eigenvalue weighted by molar-refractivity contribution is -0.127. The van der Waals surface area contributed by atoms with Crippen LogP contribution in [0.1, 0.15) is 16.8 Å². The number of nitrogens with zero attached hydrogens (tertiary/aromatic N) is 1. The number of Topliss-reactive ketones (excluding diaryl/α,β-unsaturated/α-hetero) is 1. The topological polar surface area (TPSA) is 49.4 Å². The van der Waals surface area contributed by atoms with E-state index >= 15 is 0 Å². The van der Waals surface area contributed by atoms with Crippen LogP contribution < -0.4 is 5.32 Å². The van der Waals surface area contributed by atoms with Crippen molar-refractivity contribution in [2.45, 2.75) is 6.42 Å². The second-order valence-corrected chi connectivity index (χ2v) is 6.32. The van der Waals surface area contributed by atoms with Crippen molar-refractivity contribution in [1.29, 1.82) is 0 Å². The predicted molar refractivity (Wildman–Crippen MR) is 86.7 cm³/mol. The third-order valence-electron chi connectivity index (χ3n) is 3.69. The van der Waals surface area contributed by atoms with Crippen LogP contribution >= 0.6 is 11.8 Å². The largest absolute Gasteiger partial charge is 0.342 e. The molecule has 1 aromatic carbocycles. The van der Waals surface area contributed by atoms with Crippen molar-refractivity contribution in [2.24, 2.45) is 5.92 Å². The van der Waals surface area contributed by atoms with Gasteiger partial charge in [-0.25, -0.2) is 0 Å². The molecule has 0 radical (unpaired) electrons. The number of thioether (sulfide) groups is 1. The summed E-state index contributed by atoms with van der Waals surface area (Å²) in [6, 6.07) is 9.23. The maximum absolute atomic E-state index is 12.1. The monoisotopic (exact) mass is 306 g/mol. The summed E-state index contributed by atoms with van der Waals surface area (Å²) >= 11 is 1.41. The van der Waals surface area contributed by atoms with E-state index in [-0.39, 0.29) is 11.7 Å². The summed E-state index contributed by atoms with van der Waals surface area (Å²) in [6.45, 7) is 2.65. The van der Waals surface area contributed by atoms with Crippen LogP contribution in [0, 0.1) is 5.92 Å². The van der Waals surface area contributed by atoms with Crippen molar-refractivity contribution in [3.05, 3.63) is 35.9 Å². The van der Waals surface area contributed by atoms with E-state index < -0.39 is 0 Å². The Morgan fingerprint density at radius 1 is 1.29 bits per heavy atom. The summed E-state index contributed by atoms with van der Waals surface area (Å²) in [7, 11) is 1.94.